The summed E-state index contributed by atoms with van der Waals surface area (Å²) in [7, 11) is 4.17. The number of carbonyl (C=O) groups is 1. The lowest BCUT2D eigenvalue weighted by Gasteiger charge is -2.03. The normalized spacial score (nSPS) is 10.2. The third-order valence-corrected chi connectivity index (χ3v) is 5.03. The lowest BCUT2D eigenvalue weighted by molar-refractivity contribution is -0.136. The van der Waals surface area contributed by atoms with Gasteiger partial charge in [0.1, 0.15) is 0 Å². The topological polar surface area (TPSA) is 66.6 Å². The van der Waals surface area contributed by atoms with E-state index in [1.807, 2.05) is 0 Å². The number of carboxylic acids is 1. The zero-order chi connectivity index (χ0) is 23.3. The summed E-state index contributed by atoms with van der Waals surface area (Å²) in [4.78, 5) is 11.5. The summed E-state index contributed by atoms with van der Waals surface area (Å²) < 4.78 is 0. The van der Waals surface area contributed by atoms with Crippen molar-refractivity contribution >= 4 is 5.97 Å². The molecule has 0 heterocycles. The van der Waals surface area contributed by atoms with E-state index in [9.17, 15) is 4.79 Å². The first-order valence-electron chi connectivity index (χ1n) is 13.0. The molecule has 0 atom stereocenters. The van der Waals surface area contributed by atoms with E-state index >= 15 is 0 Å². The molecule has 0 saturated carbocycles. The SMILES string of the molecule is CCC(=O)O.CCCCCCCCCCCCCCCCCCN.CCCN(C)C. The maximum atomic E-state index is 9.37. The minimum atomic E-state index is -0.745. The quantitative estimate of drug-likeness (QED) is 0.206. The van der Waals surface area contributed by atoms with Crippen LogP contribution in [0.1, 0.15) is 136 Å². The van der Waals surface area contributed by atoms with Gasteiger partial charge in [-0.1, -0.05) is 117 Å². The fourth-order valence-electron chi connectivity index (χ4n) is 3.14. The van der Waals surface area contributed by atoms with Crippen molar-refractivity contribution in [3.63, 3.8) is 0 Å². The van der Waals surface area contributed by atoms with Crippen LogP contribution in [-0.4, -0.2) is 43.2 Å². The van der Waals surface area contributed by atoms with Crippen molar-refractivity contribution in [1.82, 2.24) is 4.90 Å². The Hall–Kier alpha value is -0.610. The molecule has 0 aromatic rings. The number of aliphatic carboxylic acids is 1. The second-order valence-electron chi connectivity index (χ2n) is 8.64. The number of nitrogens with two attached hydrogens (primary N) is 1. The molecule has 184 valence electrons. The van der Waals surface area contributed by atoms with Crippen molar-refractivity contribution in [3.05, 3.63) is 0 Å². The van der Waals surface area contributed by atoms with Crippen LogP contribution in [0.2, 0.25) is 0 Å². The van der Waals surface area contributed by atoms with E-state index in [2.05, 4.69) is 32.8 Å². The molecule has 0 aliphatic rings. The summed E-state index contributed by atoms with van der Waals surface area (Å²) >= 11 is 0. The van der Waals surface area contributed by atoms with Crippen LogP contribution in [0.15, 0.2) is 0 Å². The van der Waals surface area contributed by atoms with Crippen LogP contribution in [0.5, 0.6) is 0 Å². The number of unbranched alkanes of at least 4 members (excludes halogenated alkanes) is 15. The van der Waals surface area contributed by atoms with Crippen LogP contribution in [0.25, 0.3) is 0 Å². The fourth-order valence-corrected chi connectivity index (χ4v) is 3.14. The molecule has 0 bridgehead atoms. The molecular weight excluding hydrogens is 372 g/mol. The molecule has 0 amide bonds. The summed E-state index contributed by atoms with van der Waals surface area (Å²) in [5.41, 5.74) is 5.48. The van der Waals surface area contributed by atoms with Gasteiger partial charge >= 0.3 is 5.97 Å². The Morgan fingerprint density at radius 2 is 0.933 bits per heavy atom. The first-order chi connectivity index (χ1) is 14.5. The molecule has 0 radical (unpaired) electrons. The third kappa shape index (κ3) is 45.9. The predicted octanol–water partition coefficient (Wildman–Crippen LogP) is 7.65. The van der Waals surface area contributed by atoms with E-state index in [1.54, 1.807) is 6.92 Å². The standard InChI is InChI=1S/C18H39N.C5H13N.C3H6O2/c1-2-3-4-5-6-7-8-9-10-11-12-13-14-15-16-17-18-19;1-4-5-6(2)3;1-2-3(4)5/h2-19H2,1H3;4-5H2,1-3H3;2H2,1H3,(H,4,5). The smallest absolute Gasteiger partial charge is 0.303 e. The van der Waals surface area contributed by atoms with Gasteiger partial charge in [-0.3, -0.25) is 4.79 Å². The van der Waals surface area contributed by atoms with E-state index in [0.29, 0.717) is 0 Å². The summed E-state index contributed by atoms with van der Waals surface area (Å²) in [6, 6.07) is 0. The van der Waals surface area contributed by atoms with Gasteiger partial charge < -0.3 is 15.7 Å². The molecule has 0 aliphatic heterocycles. The number of carboxylic acid groups (broad SMARTS) is 1. The highest BCUT2D eigenvalue weighted by Gasteiger charge is 1.94. The maximum absolute atomic E-state index is 9.37. The molecule has 0 rings (SSSR count). The summed E-state index contributed by atoms with van der Waals surface area (Å²) in [6.45, 7) is 8.15. The third-order valence-electron chi connectivity index (χ3n) is 5.03. The van der Waals surface area contributed by atoms with E-state index in [-0.39, 0.29) is 6.42 Å². The zero-order valence-electron chi connectivity index (χ0n) is 21.5. The minimum absolute atomic E-state index is 0.222. The molecule has 4 nitrogen and oxygen atoms in total. The Morgan fingerprint density at radius 3 is 1.10 bits per heavy atom. The summed E-state index contributed by atoms with van der Waals surface area (Å²) in [5, 5.41) is 7.72. The van der Waals surface area contributed by atoms with E-state index in [1.165, 1.54) is 116 Å². The van der Waals surface area contributed by atoms with Crippen molar-refractivity contribution in [3.8, 4) is 0 Å². The Morgan fingerprint density at radius 1 is 0.633 bits per heavy atom. The number of hydrogen-bond acceptors (Lipinski definition) is 3. The molecule has 0 aromatic heterocycles. The minimum Gasteiger partial charge on any atom is -0.481 e. The van der Waals surface area contributed by atoms with Gasteiger partial charge in [0.2, 0.25) is 0 Å². The van der Waals surface area contributed by atoms with Crippen LogP contribution in [-0.2, 0) is 4.79 Å². The second kappa shape index (κ2) is 33.0. The Kier molecular flexibility index (Phi) is 37.5. The molecule has 0 saturated heterocycles. The molecule has 0 aliphatic carbocycles. The van der Waals surface area contributed by atoms with Crippen LogP contribution >= 0.6 is 0 Å². The molecule has 3 N–H and O–H groups in total. The second-order valence-corrected chi connectivity index (χ2v) is 8.64. The number of rotatable bonds is 19. The Balaban J connectivity index is -0.000000541. The highest BCUT2D eigenvalue weighted by molar-refractivity contribution is 5.66. The molecule has 4 heteroatoms. The van der Waals surface area contributed by atoms with Crippen molar-refractivity contribution in [1.29, 1.82) is 0 Å². The number of nitrogens with zero attached hydrogens (tertiary/aromatic N) is 1. The van der Waals surface area contributed by atoms with Crippen LogP contribution in [0.4, 0.5) is 0 Å². The van der Waals surface area contributed by atoms with Crippen LogP contribution in [0.3, 0.4) is 0 Å². The van der Waals surface area contributed by atoms with Gasteiger partial charge in [0.05, 0.1) is 0 Å². The van der Waals surface area contributed by atoms with Crippen molar-refractivity contribution in [2.24, 2.45) is 5.73 Å². The molecule has 0 fully saturated rings. The first kappa shape index (κ1) is 34.0. The van der Waals surface area contributed by atoms with Gasteiger partial charge in [-0.2, -0.15) is 0 Å². The first-order valence-corrected chi connectivity index (χ1v) is 13.0. The lowest BCUT2D eigenvalue weighted by atomic mass is 10.0. The van der Waals surface area contributed by atoms with Crippen molar-refractivity contribution in [2.45, 2.75) is 136 Å². The predicted molar refractivity (Wildman–Crippen MR) is 135 cm³/mol. The average Bonchev–Trinajstić information content (AvgIpc) is 2.71. The van der Waals surface area contributed by atoms with E-state index in [0.717, 1.165) is 6.54 Å². The van der Waals surface area contributed by atoms with Gasteiger partial charge in [-0.05, 0) is 40.0 Å². The molecule has 0 aromatic carbocycles. The molecular formula is C26H58N2O2. The van der Waals surface area contributed by atoms with Crippen LogP contribution in [0, 0.1) is 0 Å². The Bertz CT molecular complexity index is 281. The highest BCUT2D eigenvalue weighted by Crippen LogP contribution is 2.13. The largest absolute Gasteiger partial charge is 0.481 e. The van der Waals surface area contributed by atoms with Gasteiger partial charge in [0.15, 0.2) is 0 Å². The van der Waals surface area contributed by atoms with Crippen LogP contribution < -0.4 is 5.73 Å². The van der Waals surface area contributed by atoms with Crippen molar-refractivity contribution in [2.75, 3.05) is 27.2 Å². The monoisotopic (exact) mass is 430 g/mol. The van der Waals surface area contributed by atoms with Gasteiger partial charge in [0.25, 0.3) is 0 Å². The molecule has 30 heavy (non-hydrogen) atoms. The Labute approximate surface area is 190 Å². The highest BCUT2D eigenvalue weighted by atomic mass is 16.4. The van der Waals surface area contributed by atoms with Crippen molar-refractivity contribution < 1.29 is 9.90 Å². The summed E-state index contributed by atoms with van der Waals surface area (Å²) in [5.74, 6) is -0.745. The average molecular weight is 431 g/mol. The fraction of sp³-hybridized carbons (Fsp3) is 0.962. The van der Waals surface area contributed by atoms with E-state index < -0.39 is 5.97 Å². The number of hydrogen-bond donors (Lipinski definition) is 2. The molecule has 0 unspecified atom stereocenters. The zero-order valence-corrected chi connectivity index (χ0v) is 21.5. The molecule has 0 spiro atoms. The summed E-state index contributed by atoms with van der Waals surface area (Å²) in [6.07, 6.45) is 24.3. The van der Waals surface area contributed by atoms with Gasteiger partial charge in [-0.25, -0.2) is 0 Å². The van der Waals surface area contributed by atoms with Gasteiger partial charge in [0, 0.05) is 6.42 Å². The van der Waals surface area contributed by atoms with E-state index in [4.69, 9.17) is 10.8 Å². The lowest BCUT2D eigenvalue weighted by Crippen LogP contribution is -2.11. The maximum Gasteiger partial charge on any atom is 0.303 e. The van der Waals surface area contributed by atoms with Gasteiger partial charge in [-0.15, -0.1) is 0 Å².